The second kappa shape index (κ2) is 5.68. The second-order valence-electron chi connectivity index (χ2n) is 7.02. The second-order valence-corrected chi connectivity index (χ2v) is 7.02. The van der Waals surface area contributed by atoms with Gasteiger partial charge in [0.15, 0.2) is 0 Å². The van der Waals surface area contributed by atoms with E-state index in [2.05, 4.69) is 22.0 Å². The van der Waals surface area contributed by atoms with E-state index in [0.29, 0.717) is 6.04 Å². The number of nitrogens with zero attached hydrogens (tertiary/aromatic N) is 2. The van der Waals surface area contributed by atoms with E-state index in [9.17, 15) is 5.11 Å². The van der Waals surface area contributed by atoms with Crippen LogP contribution in [0.25, 0.3) is 0 Å². The van der Waals surface area contributed by atoms with Crippen molar-refractivity contribution in [3.05, 3.63) is 0 Å². The maximum Gasteiger partial charge on any atom is 0.0611 e. The Kier molecular flexibility index (Phi) is 4.13. The summed E-state index contributed by atoms with van der Waals surface area (Å²) in [6, 6.07) is 1.48. The summed E-state index contributed by atoms with van der Waals surface area (Å²) >= 11 is 0. The van der Waals surface area contributed by atoms with Gasteiger partial charge in [0.1, 0.15) is 0 Å². The highest BCUT2D eigenvalue weighted by molar-refractivity contribution is 4.94. The summed E-state index contributed by atoms with van der Waals surface area (Å²) in [5.41, 5.74) is -0.0754. The molecule has 2 unspecified atom stereocenters. The van der Waals surface area contributed by atoms with Crippen LogP contribution in [0, 0.1) is 0 Å². The van der Waals surface area contributed by atoms with Crippen molar-refractivity contribution in [3.8, 4) is 0 Å². The highest BCUT2D eigenvalue weighted by atomic mass is 16.3. The summed E-state index contributed by atoms with van der Waals surface area (Å²) in [5.74, 6) is 0. The Morgan fingerprint density at radius 1 is 1.21 bits per heavy atom. The minimum Gasteiger partial charge on any atom is -0.394 e. The van der Waals surface area contributed by atoms with Gasteiger partial charge in [-0.3, -0.25) is 4.90 Å². The molecule has 0 radical (unpaired) electrons. The van der Waals surface area contributed by atoms with Crippen molar-refractivity contribution in [2.24, 2.45) is 0 Å². The molecule has 2 aliphatic heterocycles. The van der Waals surface area contributed by atoms with E-state index in [-0.39, 0.29) is 12.1 Å². The number of aliphatic hydroxyl groups is 1. The van der Waals surface area contributed by atoms with Crippen LogP contribution in [-0.4, -0.2) is 71.9 Å². The summed E-state index contributed by atoms with van der Waals surface area (Å²) in [6.45, 7) is 8.57. The first-order chi connectivity index (χ1) is 9.18. The van der Waals surface area contributed by atoms with Gasteiger partial charge in [-0.05, 0) is 45.6 Å². The van der Waals surface area contributed by atoms with E-state index >= 15 is 0 Å². The monoisotopic (exact) mass is 267 g/mol. The van der Waals surface area contributed by atoms with Gasteiger partial charge in [-0.2, -0.15) is 0 Å². The van der Waals surface area contributed by atoms with E-state index in [1.807, 2.05) is 0 Å². The number of hydrogen-bond donors (Lipinski definition) is 2. The number of rotatable bonds is 6. The zero-order valence-electron chi connectivity index (χ0n) is 12.3. The zero-order chi connectivity index (χ0) is 13.3. The fraction of sp³-hybridized carbons (Fsp3) is 1.00. The Hall–Kier alpha value is -0.160. The van der Waals surface area contributed by atoms with Crippen LogP contribution in [0.4, 0.5) is 0 Å². The Balaban J connectivity index is 1.45. The molecular formula is C15H29N3O. The molecule has 1 aliphatic carbocycles. The normalized spacial score (nSPS) is 32.2. The highest BCUT2D eigenvalue weighted by Gasteiger charge is 2.34. The molecule has 2 atom stereocenters. The van der Waals surface area contributed by atoms with Crippen molar-refractivity contribution in [3.63, 3.8) is 0 Å². The van der Waals surface area contributed by atoms with Gasteiger partial charge in [0.2, 0.25) is 0 Å². The molecule has 19 heavy (non-hydrogen) atoms. The van der Waals surface area contributed by atoms with Crippen LogP contribution in [0.5, 0.6) is 0 Å². The summed E-state index contributed by atoms with van der Waals surface area (Å²) in [6.07, 6.45) is 6.41. The molecule has 0 aromatic rings. The smallest absolute Gasteiger partial charge is 0.0611 e. The fourth-order valence-electron chi connectivity index (χ4n) is 3.58. The molecule has 4 nitrogen and oxygen atoms in total. The topological polar surface area (TPSA) is 38.7 Å². The Morgan fingerprint density at radius 3 is 2.79 bits per heavy atom. The van der Waals surface area contributed by atoms with Crippen molar-refractivity contribution in [2.75, 3.05) is 39.3 Å². The maximum atomic E-state index is 9.65. The first kappa shape index (κ1) is 13.8. The third kappa shape index (κ3) is 3.48. The van der Waals surface area contributed by atoms with Crippen LogP contribution in [0.1, 0.15) is 39.0 Å². The summed E-state index contributed by atoms with van der Waals surface area (Å²) in [5, 5.41) is 13.3. The van der Waals surface area contributed by atoms with Crippen molar-refractivity contribution >= 4 is 0 Å². The molecule has 0 aromatic heterocycles. The molecule has 0 amide bonds. The molecule has 0 bridgehead atoms. The number of hydrogen-bond acceptors (Lipinski definition) is 4. The molecular weight excluding hydrogens is 238 g/mol. The van der Waals surface area contributed by atoms with Gasteiger partial charge in [-0.15, -0.1) is 0 Å². The van der Waals surface area contributed by atoms with Gasteiger partial charge in [0.25, 0.3) is 0 Å². The first-order valence-electron chi connectivity index (χ1n) is 8.03. The Bertz CT molecular complexity index is 308. The Morgan fingerprint density at radius 2 is 2.05 bits per heavy atom. The first-order valence-corrected chi connectivity index (χ1v) is 8.03. The highest BCUT2D eigenvalue weighted by Crippen LogP contribution is 2.25. The quantitative estimate of drug-likeness (QED) is 0.741. The molecule has 3 fully saturated rings. The summed E-state index contributed by atoms with van der Waals surface area (Å²) in [7, 11) is 0. The Labute approximate surface area is 117 Å². The maximum absolute atomic E-state index is 9.65. The van der Waals surface area contributed by atoms with Crippen LogP contribution in [0.15, 0.2) is 0 Å². The van der Waals surface area contributed by atoms with Crippen molar-refractivity contribution in [1.82, 2.24) is 15.1 Å². The van der Waals surface area contributed by atoms with Gasteiger partial charge in [0, 0.05) is 43.8 Å². The van der Waals surface area contributed by atoms with Gasteiger partial charge in [-0.25, -0.2) is 0 Å². The predicted molar refractivity (Wildman–Crippen MR) is 77.3 cm³/mol. The lowest BCUT2D eigenvalue weighted by Crippen LogP contribution is -2.53. The van der Waals surface area contributed by atoms with Gasteiger partial charge in [-0.1, -0.05) is 0 Å². The average molecular weight is 267 g/mol. The molecule has 0 aromatic carbocycles. The van der Waals surface area contributed by atoms with E-state index < -0.39 is 0 Å². The van der Waals surface area contributed by atoms with Crippen molar-refractivity contribution in [2.45, 2.75) is 56.7 Å². The molecule has 110 valence electrons. The minimum atomic E-state index is -0.0754. The standard InChI is InChI=1S/C15H29N3O/c1-15(12-19,16-13-4-5-13)6-8-17-9-10-18-7-2-3-14(18)11-17/h13-14,16,19H,2-12H2,1H3. The minimum absolute atomic E-state index is 0.0754. The lowest BCUT2D eigenvalue weighted by Gasteiger charge is -2.39. The molecule has 4 heteroatoms. The van der Waals surface area contributed by atoms with Crippen molar-refractivity contribution in [1.29, 1.82) is 0 Å². The van der Waals surface area contributed by atoms with E-state index in [1.54, 1.807) is 0 Å². The lowest BCUT2D eigenvalue weighted by atomic mass is 9.98. The van der Waals surface area contributed by atoms with Gasteiger partial charge in [0.05, 0.1) is 6.61 Å². The number of fused-ring (bicyclic) bond motifs is 1. The third-order valence-corrected chi connectivity index (χ3v) is 5.13. The fourth-order valence-corrected chi connectivity index (χ4v) is 3.58. The van der Waals surface area contributed by atoms with Crippen LogP contribution >= 0.6 is 0 Å². The van der Waals surface area contributed by atoms with Crippen LogP contribution < -0.4 is 5.32 Å². The zero-order valence-corrected chi connectivity index (χ0v) is 12.3. The summed E-state index contributed by atoms with van der Waals surface area (Å²) < 4.78 is 0. The summed E-state index contributed by atoms with van der Waals surface area (Å²) in [4.78, 5) is 5.26. The molecule has 1 saturated carbocycles. The predicted octanol–water partition coefficient (Wildman–Crippen LogP) is 0.660. The van der Waals surface area contributed by atoms with Crippen LogP contribution in [0.2, 0.25) is 0 Å². The molecule has 2 heterocycles. The number of aliphatic hydroxyl groups excluding tert-OH is 1. The van der Waals surface area contributed by atoms with E-state index in [0.717, 1.165) is 19.0 Å². The third-order valence-electron chi connectivity index (χ3n) is 5.13. The number of piperazine rings is 1. The van der Waals surface area contributed by atoms with Crippen LogP contribution in [-0.2, 0) is 0 Å². The van der Waals surface area contributed by atoms with E-state index in [1.165, 1.54) is 51.9 Å². The largest absolute Gasteiger partial charge is 0.394 e. The molecule has 3 rings (SSSR count). The lowest BCUT2D eigenvalue weighted by molar-refractivity contribution is 0.0859. The van der Waals surface area contributed by atoms with Crippen LogP contribution in [0.3, 0.4) is 0 Å². The molecule has 2 saturated heterocycles. The number of nitrogens with one attached hydrogen (secondary N) is 1. The van der Waals surface area contributed by atoms with Crippen molar-refractivity contribution < 1.29 is 5.11 Å². The SMILES string of the molecule is CC(CO)(CCN1CCN2CCCC2C1)NC1CC1. The molecule has 2 N–H and O–H groups in total. The molecule has 3 aliphatic rings. The molecule has 0 spiro atoms. The van der Waals surface area contributed by atoms with Gasteiger partial charge < -0.3 is 15.3 Å². The average Bonchev–Trinajstić information content (AvgIpc) is 3.10. The van der Waals surface area contributed by atoms with Gasteiger partial charge >= 0.3 is 0 Å². The van der Waals surface area contributed by atoms with E-state index in [4.69, 9.17) is 0 Å².